The quantitative estimate of drug-likeness (QED) is 0.814. The topological polar surface area (TPSA) is 38.3 Å². The standard InChI is InChI=1S/C14H21NO2/c1-10-6-7-11(2)12(8-10)9-15-14(3,4)13(16)17-5/h6-8,15H,9H2,1-5H3. The van der Waals surface area contributed by atoms with Crippen molar-refractivity contribution in [1.82, 2.24) is 5.32 Å². The lowest BCUT2D eigenvalue weighted by molar-refractivity contribution is -0.147. The fourth-order valence-corrected chi connectivity index (χ4v) is 1.63. The van der Waals surface area contributed by atoms with Crippen LogP contribution in [0.4, 0.5) is 0 Å². The van der Waals surface area contributed by atoms with Crippen LogP contribution in [0, 0.1) is 13.8 Å². The summed E-state index contributed by atoms with van der Waals surface area (Å²) in [6, 6.07) is 6.32. The van der Waals surface area contributed by atoms with Gasteiger partial charge in [0.2, 0.25) is 0 Å². The Morgan fingerprint density at radius 3 is 2.59 bits per heavy atom. The highest BCUT2D eigenvalue weighted by atomic mass is 16.5. The summed E-state index contributed by atoms with van der Waals surface area (Å²) in [6.07, 6.45) is 0. The van der Waals surface area contributed by atoms with Crippen LogP contribution in [0.1, 0.15) is 30.5 Å². The molecular formula is C14H21NO2. The van der Waals surface area contributed by atoms with Crippen LogP contribution in [-0.2, 0) is 16.1 Å². The van der Waals surface area contributed by atoms with Crippen LogP contribution in [-0.4, -0.2) is 18.6 Å². The molecule has 0 atom stereocenters. The van der Waals surface area contributed by atoms with Gasteiger partial charge in [-0.1, -0.05) is 23.8 Å². The molecule has 17 heavy (non-hydrogen) atoms. The highest BCUT2D eigenvalue weighted by molar-refractivity contribution is 5.79. The molecule has 0 aromatic heterocycles. The monoisotopic (exact) mass is 235 g/mol. The molecule has 0 saturated heterocycles. The van der Waals surface area contributed by atoms with Gasteiger partial charge in [0.05, 0.1) is 7.11 Å². The largest absolute Gasteiger partial charge is 0.468 e. The highest BCUT2D eigenvalue weighted by Crippen LogP contribution is 2.13. The van der Waals surface area contributed by atoms with Gasteiger partial charge >= 0.3 is 5.97 Å². The summed E-state index contributed by atoms with van der Waals surface area (Å²) >= 11 is 0. The summed E-state index contributed by atoms with van der Waals surface area (Å²) in [4.78, 5) is 11.5. The van der Waals surface area contributed by atoms with Gasteiger partial charge in [0, 0.05) is 6.54 Å². The molecule has 0 aliphatic rings. The molecule has 0 heterocycles. The maximum atomic E-state index is 11.5. The summed E-state index contributed by atoms with van der Waals surface area (Å²) in [5.74, 6) is -0.247. The van der Waals surface area contributed by atoms with E-state index >= 15 is 0 Å². The number of carbonyl (C=O) groups is 1. The van der Waals surface area contributed by atoms with Crippen LogP contribution < -0.4 is 5.32 Å². The molecule has 0 unspecified atom stereocenters. The summed E-state index contributed by atoms with van der Waals surface area (Å²) in [6.45, 7) is 8.44. The number of benzene rings is 1. The molecule has 3 heteroatoms. The lowest BCUT2D eigenvalue weighted by atomic mass is 10.0. The Balaban J connectivity index is 2.73. The van der Waals surface area contributed by atoms with Crippen LogP contribution >= 0.6 is 0 Å². The van der Waals surface area contributed by atoms with E-state index in [1.807, 2.05) is 13.8 Å². The number of hydrogen-bond donors (Lipinski definition) is 1. The smallest absolute Gasteiger partial charge is 0.325 e. The number of carbonyl (C=O) groups excluding carboxylic acids is 1. The average molecular weight is 235 g/mol. The Morgan fingerprint density at radius 2 is 2.00 bits per heavy atom. The fourth-order valence-electron chi connectivity index (χ4n) is 1.63. The van der Waals surface area contributed by atoms with Crippen molar-refractivity contribution in [2.45, 2.75) is 39.8 Å². The van der Waals surface area contributed by atoms with Crippen LogP contribution in [0.3, 0.4) is 0 Å². The minimum absolute atomic E-state index is 0.247. The molecule has 0 radical (unpaired) electrons. The molecule has 1 rings (SSSR count). The Hall–Kier alpha value is -1.35. The minimum Gasteiger partial charge on any atom is -0.468 e. The second kappa shape index (κ2) is 5.32. The van der Waals surface area contributed by atoms with Crippen LogP contribution in [0.2, 0.25) is 0 Å². The maximum Gasteiger partial charge on any atom is 0.325 e. The average Bonchev–Trinajstić information content (AvgIpc) is 2.29. The number of rotatable bonds is 4. The Labute approximate surface area is 103 Å². The molecule has 0 amide bonds. The molecule has 94 valence electrons. The van der Waals surface area contributed by atoms with Gasteiger partial charge in [-0.2, -0.15) is 0 Å². The van der Waals surface area contributed by atoms with Crippen molar-refractivity contribution in [1.29, 1.82) is 0 Å². The van der Waals surface area contributed by atoms with Gasteiger partial charge < -0.3 is 4.74 Å². The van der Waals surface area contributed by atoms with E-state index in [-0.39, 0.29) is 5.97 Å². The predicted octanol–water partition coefficient (Wildman–Crippen LogP) is 2.34. The lowest BCUT2D eigenvalue weighted by Crippen LogP contribution is -2.47. The Morgan fingerprint density at radius 1 is 1.35 bits per heavy atom. The molecule has 0 bridgehead atoms. The molecule has 0 fully saturated rings. The van der Waals surface area contributed by atoms with Crippen molar-refractivity contribution in [3.63, 3.8) is 0 Å². The van der Waals surface area contributed by atoms with Gasteiger partial charge in [0.1, 0.15) is 5.54 Å². The fraction of sp³-hybridized carbons (Fsp3) is 0.500. The van der Waals surface area contributed by atoms with Crippen LogP contribution in [0.5, 0.6) is 0 Å². The number of hydrogen-bond acceptors (Lipinski definition) is 3. The number of esters is 1. The minimum atomic E-state index is -0.662. The van der Waals surface area contributed by atoms with Crippen molar-refractivity contribution >= 4 is 5.97 Å². The van der Waals surface area contributed by atoms with E-state index < -0.39 is 5.54 Å². The lowest BCUT2D eigenvalue weighted by Gasteiger charge is -2.23. The summed E-state index contributed by atoms with van der Waals surface area (Å²) in [5, 5.41) is 3.22. The third-order valence-electron chi connectivity index (χ3n) is 2.92. The highest BCUT2D eigenvalue weighted by Gasteiger charge is 2.27. The summed E-state index contributed by atoms with van der Waals surface area (Å²) in [5.41, 5.74) is 3.00. The van der Waals surface area contributed by atoms with Crippen LogP contribution in [0.25, 0.3) is 0 Å². The van der Waals surface area contributed by atoms with E-state index in [2.05, 4.69) is 37.4 Å². The first kappa shape index (κ1) is 13.7. The molecule has 1 N–H and O–H groups in total. The molecular weight excluding hydrogens is 214 g/mol. The Kier molecular flexibility index (Phi) is 4.29. The van der Waals surface area contributed by atoms with Crippen molar-refractivity contribution < 1.29 is 9.53 Å². The Bertz CT molecular complexity index is 411. The van der Waals surface area contributed by atoms with Crippen molar-refractivity contribution in [2.75, 3.05) is 7.11 Å². The van der Waals surface area contributed by atoms with Gasteiger partial charge in [-0.05, 0) is 38.8 Å². The van der Waals surface area contributed by atoms with E-state index in [1.165, 1.54) is 23.8 Å². The first-order valence-corrected chi connectivity index (χ1v) is 5.76. The zero-order valence-electron chi connectivity index (χ0n) is 11.3. The first-order valence-electron chi connectivity index (χ1n) is 5.76. The van der Waals surface area contributed by atoms with E-state index in [0.29, 0.717) is 6.54 Å². The molecule has 1 aromatic carbocycles. The van der Waals surface area contributed by atoms with Crippen LogP contribution in [0.15, 0.2) is 18.2 Å². The van der Waals surface area contributed by atoms with Gasteiger partial charge in [-0.3, -0.25) is 10.1 Å². The zero-order valence-corrected chi connectivity index (χ0v) is 11.3. The van der Waals surface area contributed by atoms with E-state index in [9.17, 15) is 4.79 Å². The normalized spacial score (nSPS) is 11.4. The zero-order chi connectivity index (χ0) is 13.1. The predicted molar refractivity (Wildman–Crippen MR) is 68.9 cm³/mol. The molecule has 0 saturated carbocycles. The first-order chi connectivity index (χ1) is 7.86. The van der Waals surface area contributed by atoms with Gasteiger partial charge in [-0.15, -0.1) is 0 Å². The van der Waals surface area contributed by atoms with Crippen molar-refractivity contribution in [2.24, 2.45) is 0 Å². The van der Waals surface area contributed by atoms with Crippen molar-refractivity contribution in [3.05, 3.63) is 34.9 Å². The number of ether oxygens (including phenoxy) is 1. The number of nitrogens with one attached hydrogen (secondary N) is 1. The number of aryl methyl sites for hydroxylation is 2. The molecule has 1 aromatic rings. The second-order valence-electron chi connectivity index (χ2n) is 4.90. The van der Waals surface area contributed by atoms with E-state index in [1.54, 1.807) is 0 Å². The van der Waals surface area contributed by atoms with Gasteiger partial charge in [-0.25, -0.2) is 0 Å². The molecule has 0 spiro atoms. The maximum absolute atomic E-state index is 11.5. The van der Waals surface area contributed by atoms with E-state index in [4.69, 9.17) is 4.74 Å². The second-order valence-corrected chi connectivity index (χ2v) is 4.90. The van der Waals surface area contributed by atoms with E-state index in [0.717, 1.165) is 0 Å². The molecule has 0 aliphatic carbocycles. The molecule has 3 nitrogen and oxygen atoms in total. The van der Waals surface area contributed by atoms with Crippen molar-refractivity contribution in [3.8, 4) is 0 Å². The number of methoxy groups -OCH3 is 1. The van der Waals surface area contributed by atoms with Gasteiger partial charge in [0.15, 0.2) is 0 Å². The summed E-state index contributed by atoms with van der Waals surface area (Å²) in [7, 11) is 1.41. The SMILES string of the molecule is COC(=O)C(C)(C)NCc1cc(C)ccc1C. The summed E-state index contributed by atoms with van der Waals surface area (Å²) < 4.78 is 4.76. The molecule has 0 aliphatic heterocycles. The third-order valence-corrected chi connectivity index (χ3v) is 2.92. The third kappa shape index (κ3) is 3.56. The van der Waals surface area contributed by atoms with Gasteiger partial charge in [0.25, 0.3) is 0 Å².